The third kappa shape index (κ3) is 1.94. The van der Waals surface area contributed by atoms with Crippen molar-refractivity contribution >= 4 is 5.82 Å². The van der Waals surface area contributed by atoms with E-state index in [2.05, 4.69) is 15.4 Å². The number of ether oxygens (including phenoxy) is 2. The number of rotatable bonds is 4. The van der Waals surface area contributed by atoms with Crippen molar-refractivity contribution in [1.29, 1.82) is 0 Å². The van der Waals surface area contributed by atoms with Crippen molar-refractivity contribution in [2.24, 2.45) is 5.84 Å². The maximum absolute atomic E-state index is 5.64. The van der Waals surface area contributed by atoms with E-state index in [-0.39, 0.29) is 6.10 Å². The number of aromatic nitrogens is 2. The Morgan fingerprint density at radius 2 is 2.27 bits per heavy atom. The third-order valence-electron chi connectivity index (χ3n) is 2.44. The van der Waals surface area contributed by atoms with Crippen molar-refractivity contribution in [2.75, 3.05) is 12.5 Å². The van der Waals surface area contributed by atoms with Crippen LogP contribution in [0, 0.1) is 0 Å². The molecule has 3 N–H and O–H groups in total. The molecule has 1 saturated carbocycles. The molecule has 0 aliphatic heterocycles. The zero-order chi connectivity index (χ0) is 10.7. The maximum atomic E-state index is 5.64. The molecule has 1 aromatic heterocycles. The Kier molecular flexibility index (Phi) is 2.86. The second kappa shape index (κ2) is 4.31. The molecule has 0 amide bonds. The molecule has 15 heavy (non-hydrogen) atoms. The fourth-order valence-electron chi connectivity index (χ4n) is 1.37. The van der Waals surface area contributed by atoms with Gasteiger partial charge in [0.25, 0.3) is 5.88 Å². The van der Waals surface area contributed by atoms with Crippen molar-refractivity contribution in [3.05, 3.63) is 6.33 Å². The molecule has 2 rings (SSSR count). The molecule has 0 atom stereocenters. The Bertz CT molecular complexity index is 341. The van der Waals surface area contributed by atoms with E-state index >= 15 is 0 Å². The van der Waals surface area contributed by atoms with Gasteiger partial charge in [0.05, 0.1) is 7.11 Å². The Labute approximate surface area is 87.8 Å². The predicted molar refractivity (Wildman–Crippen MR) is 54.7 cm³/mol. The average Bonchev–Trinajstić information content (AvgIpc) is 2.22. The van der Waals surface area contributed by atoms with Gasteiger partial charge in [0.2, 0.25) is 5.75 Å². The minimum Gasteiger partial charge on any atom is -0.489 e. The van der Waals surface area contributed by atoms with Gasteiger partial charge in [-0.2, -0.15) is 4.98 Å². The van der Waals surface area contributed by atoms with Crippen LogP contribution in [-0.4, -0.2) is 23.2 Å². The van der Waals surface area contributed by atoms with Gasteiger partial charge in [-0.15, -0.1) is 0 Å². The quantitative estimate of drug-likeness (QED) is 0.562. The van der Waals surface area contributed by atoms with Gasteiger partial charge in [0, 0.05) is 0 Å². The van der Waals surface area contributed by atoms with Crippen LogP contribution in [0.4, 0.5) is 5.82 Å². The normalized spacial score (nSPS) is 15.6. The highest BCUT2D eigenvalue weighted by atomic mass is 16.5. The van der Waals surface area contributed by atoms with Crippen LogP contribution >= 0.6 is 0 Å². The molecular weight excluding hydrogens is 196 g/mol. The van der Waals surface area contributed by atoms with E-state index in [1.807, 2.05) is 0 Å². The number of nitrogens with one attached hydrogen (secondary N) is 1. The molecule has 1 aliphatic carbocycles. The van der Waals surface area contributed by atoms with Crippen molar-refractivity contribution in [3.8, 4) is 11.6 Å². The molecule has 82 valence electrons. The van der Waals surface area contributed by atoms with Crippen molar-refractivity contribution in [1.82, 2.24) is 9.97 Å². The van der Waals surface area contributed by atoms with Gasteiger partial charge in [-0.05, 0) is 19.3 Å². The minimum atomic E-state index is 0.249. The second-order valence-electron chi connectivity index (χ2n) is 3.38. The zero-order valence-corrected chi connectivity index (χ0v) is 8.56. The number of methoxy groups -OCH3 is 1. The van der Waals surface area contributed by atoms with Crippen LogP contribution in [-0.2, 0) is 0 Å². The third-order valence-corrected chi connectivity index (χ3v) is 2.44. The lowest BCUT2D eigenvalue weighted by molar-refractivity contribution is 0.110. The van der Waals surface area contributed by atoms with Crippen LogP contribution in [0.2, 0.25) is 0 Å². The fourth-order valence-corrected chi connectivity index (χ4v) is 1.37. The molecule has 1 aromatic rings. The first kappa shape index (κ1) is 9.97. The van der Waals surface area contributed by atoms with E-state index in [1.54, 1.807) is 0 Å². The number of nitrogens with two attached hydrogens (primary N) is 1. The topological polar surface area (TPSA) is 82.3 Å². The number of hydrogen-bond acceptors (Lipinski definition) is 6. The Morgan fingerprint density at radius 1 is 1.47 bits per heavy atom. The van der Waals surface area contributed by atoms with Crippen LogP contribution in [0.3, 0.4) is 0 Å². The van der Waals surface area contributed by atoms with Gasteiger partial charge in [-0.25, -0.2) is 10.8 Å². The Morgan fingerprint density at radius 3 is 2.80 bits per heavy atom. The number of nitrogens with zero attached hydrogens (tertiary/aromatic N) is 2. The first-order valence-corrected chi connectivity index (χ1v) is 4.87. The molecule has 0 saturated heterocycles. The second-order valence-corrected chi connectivity index (χ2v) is 3.38. The van der Waals surface area contributed by atoms with Crippen LogP contribution < -0.4 is 20.7 Å². The van der Waals surface area contributed by atoms with Gasteiger partial charge in [-0.1, -0.05) is 0 Å². The lowest BCUT2D eigenvalue weighted by Gasteiger charge is -2.26. The van der Waals surface area contributed by atoms with E-state index in [4.69, 9.17) is 15.3 Å². The van der Waals surface area contributed by atoms with Gasteiger partial charge < -0.3 is 14.9 Å². The van der Waals surface area contributed by atoms with Crippen LogP contribution in [0.5, 0.6) is 11.6 Å². The highest BCUT2D eigenvalue weighted by Crippen LogP contribution is 2.33. The first-order valence-electron chi connectivity index (χ1n) is 4.87. The molecule has 1 aliphatic rings. The summed E-state index contributed by atoms with van der Waals surface area (Å²) in [5.74, 6) is 6.63. The summed E-state index contributed by atoms with van der Waals surface area (Å²) in [6.45, 7) is 0. The summed E-state index contributed by atoms with van der Waals surface area (Å²) in [6, 6.07) is 0. The molecule has 0 bridgehead atoms. The smallest absolute Gasteiger partial charge is 0.262 e. The monoisotopic (exact) mass is 210 g/mol. The summed E-state index contributed by atoms with van der Waals surface area (Å²) < 4.78 is 10.8. The molecular formula is C9H14N4O2. The van der Waals surface area contributed by atoms with Gasteiger partial charge in [0.1, 0.15) is 12.4 Å². The molecule has 1 fully saturated rings. The summed E-state index contributed by atoms with van der Waals surface area (Å²) in [7, 11) is 1.53. The van der Waals surface area contributed by atoms with E-state index < -0.39 is 0 Å². The summed E-state index contributed by atoms with van der Waals surface area (Å²) in [5.41, 5.74) is 2.44. The van der Waals surface area contributed by atoms with Crippen molar-refractivity contribution in [2.45, 2.75) is 25.4 Å². The number of hydrazine groups is 1. The largest absolute Gasteiger partial charge is 0.489 e. The standard InChI is InChI=1S/C9H14N4O2/c1-14-7-8(13-10)11-5-12-9(7)15-6-3-2-4-6/h5-6H,2-4,10H2,1H3,(H,11,12,13). The molecule has 0 aromatic carbocycles. The van der Waals surface area contributed by atoms with E-state index in [0.717, 1.165) is 12.8 Å². The molecule has 1 heterocycles. The SMILES string of the molecule is COc1c(NN)ncnc1OC1CCC1. The summed E-state index contributed by atoms with van der Waals surface area (Å²) in [4.78, 5) is 7.95. The predicted octanol–water partition coefficient (Wildman–Crippen LogP) is 0.702. The lowest BCUT2D eigenvalue weighted by Crippen LogP contribution is -2.25. The number of nitrogen functional groups attached to an aromatic ring is 1. The zero-order valence-electron chi connectivity index (χ0n) is 8.56. The van der Waals surface area contributed by atoms with Gasteiger partial charge in [0.15, 0.2) is 5.82 Å². The minimum absolute atomic E-state index is 0.249. The number of anilines is 1. The molecule has 6 nitrogen and oxygen atoms in total. The summed E-state index contributed by atoms with van der Waals surface area (Å²) >= 11 is 0. The first-order chi connectivity index (χ1) is 7.35. The van der Waals surface area contributed by atoms with E-state index in [9.17, 15) is 0 Å². The highest BCUT2D eigenvalue weighted by Gasteiger charge is 2.22. The summed E-state index contributed by atoms with van der Waals surface area (Å²) in [5, 5.41) is 0. The molecule has 6 heteroatoms. The molecule has 0 radical (unpaired) electrons. The fraction of sp³-hybridized carbons (Fsp3) is 0.556. The molecule has 0 spiro atoms. The van der Waals surface area contributed by atoms with Crippen molar-refractivity contribution in [3.63, 3.8) is 0 Å². The molecule has 0 unspecified atom stereocenters. The van der Waals surface area contributed by atoms with Gasteiger partial charge >= 0.3 is 0 Å². The summed E-state index contributed by atoms with van der Waals surface area (Å²) in [6.07, 6.45) is 4.99. The van der Waals surface area contributed by atoms with E-state index in [1.165, 1.54) is 19.9 Å². The number of hydrogen-bond donors (Lipinski definition) is 2. The lowest BCUT2D eigenvalue weighted by atomic mass is 9.96. The van der Waals surface area contributed by atoms with Crippen molar-refractivity contribution < 1.29 is 9.47 Å². The van der Waals surface area contributed by atoms with Gasteiger partial charge in [-0.3, -0.25) is 0 Å². The average molecular weight is 210 g/mol. The van der Waals surface area contributed by atoms with E-state index in [0.29, 0.717) is 17.4 Å². The Hall–Kier alpha value is -1.56. The van der Waals surface area contributed by atoms with Crippen LogP contribution in [0.1, 0.15) is 19.3 Å². The Balaban J connectivity index is 2.20. The maximum Gasteiger partial charge on any atom is 0.262 e. The highest BCUT2D eigenvalue weighted by molar-refractivity contribution is 5.54. The van der Waals surface area contributed by atoms with Crippen LogP contribution in [0.25, 0.3) is 0 Å². The van der Waals surface area contributed by atoms with Crippen LogP contribution in [0.15, 0.2) is 6.33 Å².